The van der Waals surface area contributed by atoms with Crippen molar-refractivity contribution in [3.05, 3.63) is 53.2 Å². The smallest absolute Gasteiger partial charge is 0.256 e. The summed E-state index contributed by atoms with van der Waals surface area (Å²) in [6.07, 6.45) is 1.53. The van der Waals surface area contributed by atoms with E-state index in [9.17, 15) is 4.79 Å². The van der Waals surface area contributed by atoms with Crippen molar-refractivity contribution in [2.45, 2.75) is 0 Å². The van der Waals surface area contributed by atoms with Crippen LogP contribution in [0, 0.1) is 0 Å². The van der Waals surface area contributed by atoms with Gasteiger partial charge in [0.25, 0.3) is 5.91 Å². The number of amides is 1. The van der Waals surface area contributed by atoms with Crippen molar-refractivity contribution in [1.82, 2.24) is 4.98 Å². The maximum absolute atomic E-state index is 11.8. The minimum Gasteiger partial charge on any atom is -0.399 e. The van der Waals surface area contributed by atoms with Crippen molar-refractivity contribution >= 4 is 29.0 Å². The van der Waals surface area contributed by atoms with Crippen LogP contribution in [0.3, 0.4) is 0 Å². The monoisotopic (exact) mass is 247 g/mol. The summed E-state index contributed by atoms with van der Waals surface area (Å²) in [4.78, 5) is 15.8. The molecule has 0 radical (unpaired) electrons. The highest BCUT2D eigenvalue weighted by molar-refractivity contribution is 6.31. The molecule has 86 valence electrons. The third kappa shape index (κ3) is 2.95. The van der Waals surface area contributed by atoms with E-state index in [4.69, 9.17) is 17.3 Å². The Bertz CT molecular complexity index is 557. The zero-order valence-corrected chi connectivity index (χ0v) is 9.61. The van der Waals surface area contributed by atoms with Gasteiger partial charge < -0.3 is 11.1 Å². The van der Waals surface area contributed by atoms with Gasteiger partial charge in [0.2, 0.25) is 0 Å². The molecule has 0 fully saturated rings. The van der Waals surface area contributed by atoms with E-state index >= 15 is 0 Å². The van der Waals surface area contributed by atoms with Gasteiger partial charge in [-0.2, -0.15) is 0 Å². The quantitative estimate of drug-likeness (QED) is 0.857. The molecule has 0 unspecified atom stereocenters. The highest BCUT2D eigenvalue weighted by Crippen LogP contribution is 2.13. The van der Waals surface area contributed by atoms with Crippen molar-refractivity contribution in [1.29, 1.82) is 0 Å². The first-order chi connectivity index (χ1) is 8.15. The van der Waals surface area contributed by atoms with Crippen molar-refractivity contribution in [3.8, 4) is 0 Å². The lowest BCUT2D eigenvalue weighted by Gasteiger charge is -2.05. The number of nitrogens with one attached hydrogen (secondary N) is 1. The molecule has 0 bridgehead atoms. The summed E-state index contributed by atoms with van der Waals surface area (Å²) < 4.78 is 0. The number of nitrogens with two attached hydrogens (primary N) is 1. The van der Waals surface area contributed by atoms with Gasteiger partial charge in [0, 0.05) is 28.5 Å². The number of rotatable bonds is 2. The molecule has 0 spiro atoms. The zero-order chi connectivity index (χ0) is 12.3. The normalized spacial score (nSPS) is 9.94. The Morgan fingerprint density at radius 2 is 2.12 bits per heavy atom. The average molecular weight is 248 g/mol. The molecule has 1 heterocycles. The van der Waals surface area contributed by atoms with Crippen molar-refractivity contribution in [2.75, 3.05) is 11.1 Å². The van der Waals surface area contributed by atoms with Gasteiger partial charge in [0.15, 0.2) is 0 Å². The maximum atomic E-state index is 11.8. The minimum atomic E-state index is -0.273. The molecule has 17 heavy (non-hydrogen) atoms. The first-order valence-electron chi connectivity index (χ1n) is 4.93. The van der Waals surface area contributed by atoms with Crippen LogP contribution in [0.15, 0.2) is 42.6 Å². The van der Waals surface area contributed by atoms with Crippen molar-refractivity contribution in [3.63, 3.8) is 0 Å². The van der Waals surface area contributed by atoms with Crippen LogP contribution in [-0.4, -0.2) is 10.9 Å². The van der Waals surface area contributed by atoms with E-state index in [1.807, 2.05) is 0 Å². The molecule has 1 amide bonds. The standard InChI is InChI=1S/C12H10ClN3O/c13-9-3-1-2-8(6-9)12(17)16-11-7-10(14)4-5-15-11/h1-7H,(H3,14,15,16,17). The minimum absolute atomic E-state index is 0.273. The Balaban J connectivity index is 2.17. The van der Waals surface area contributed by atoms with Crippen LogP contribution in [0.5, 0.6) is 0 Å². The van der Waals surface area contributed by atoms with Gasteiger partial charge in [0.1, 0.15) is 5.82 Å². The number of nitrogen functional groups attached to an aromatic ring is 1. The Morgan fingerprint density at radius 3 is 2.82 bits per heavy atom. The van der Waals surface area contributed by atoms with E-state index in [0.717, 1.165) is 0 Å². The topological polar surface area (TPSA) is 68.0 Å². The fourth-order valence-corrected chi connectivity index (χ4v) is 1.52. The number of carbonyl (C=O) groups is 1. The van der Waals surface area contributed by atoms with Crippen molar-refractivity contribution in [2.24, 2.45) is 0 Å². The Morgan fingerprint density at radius 1 is 1.29 bits per heavy atom. The average Bonchev–Trinajstić information content (AvgIpc) is 2.29. The molecular formula is C12H10ClN3O. The summed E-state index contributed by atoms with van der Waals surface area (Å²) in [5, 5.41) is 3.15. The molecule has 2 aromatic rings. The molecule has 4 nitrogen and oxygen atoms in total. The third-order valence-electron chi connectivity index (χ3n) is 2.11. The van der Waals surface area contributed by atoms with E-state index in [-0.39, 0.29) is 5.91 Å². The third-order valence-corrected chi connectivity index (χ3v) is 2.35. The van der Waals surface area contributed by atoms with Gasteiger partial charge in [-0.25, -0.2) is 4.98 Å². The Labute approximate surface area is 103 Å². The summed E-state index contributed by atoms with van der Waals surface area (Å²) in [7, 11) is 0. The van der Waals surface area contributed by atoms with E-state index in [1.165, 1.54) is 6.20 Å². The summed E-state index contributed by atoms with van der Waals surface area (Å²) in [6, 6.07) is 9.91. The molecule has 0 saturated carbocycles. The Kier molecular flexibility index (Phi) is 3.25. The zero-order valence-electron chi connectivity index (χ0n) is 8.85. The predicted octanol–water partition coefficient (Wildman–Crippen LogP) is 2.57. The molecular weight excluding hydrogens is 238 g/mol. The predicted molar refractivity (Wildman–Crippen MR) is 68.1 cm³/mol. The van der Waals surface area contributed by atoms with Crippen LogP contribution in [0.25, 0.3) is 0 Å². The second kappa shape index (κ2) is 4.84. The van der Waals surface area contributed by atoms with Crippen LogP contribution < -0.4 is 11.1 Å². The largest absolute Gasteiger partial charge is 0.399 e. The van der Waals surface area contributed by atoms with E-state index in [0.29, 0.717) is 22.1 Å². The number of hydrogen-bond acceptors (Lipinski definition) is 3. The lowest BCUT2D eigenvalue weighted by Crippen LogP contribution is -2.12. The number of hydrogen-bond donors (Lipinski definition) is 2. The number of halogens is 1. The SMILES string of the molecule is Nc1ccnc(NC(=O)c2cccc(Cl)c2)c1. The Hall–Kier alpha value is -2.07. The van der Waals surface area contributed by atoms with Crippen LogP contribution in [0.4, 0.5) is 11.5 Å². The van der Waals surface area contributed by atoms with Crippen molar-refractivity contribution < 1.29 is 4.79 Å². The fourth-order valence-electron chi connectivity index (χ4n) is 1.33. The fraction of sp³-hybridized carbons (Fsp3) is 0. The van der Waals surface area contributed by atoms with E-state index in [2.05, 4.69) is 10.3 Å². The lowest BCUT2D eigenvalue weighted by atomic mass is 10.2. The molecule has 1 aromatic heterocycles. The van der Waals surface area contributed by atoms with Gasteiger partial charge in [-0.05, 0) is 24.3 Å². The number of nitrogens with zero attached hydrogens (tertiary/aromatic N) is 1. The summed E-state index contributed by atoms with van der Waals surface area (Å²) in [5.74, 6) is 0.139. The maximum Gasteiger partial charge on any atom is 0.256 e. The molecule has 0 saturated heterocycles. The van der Waals surface area contributed by atoms with E-state index in [1.54, 1.807) is 36.4 Å². The molecule has 2 rings (SSSR count). The molecule has 0 aliphatic carbocycles. The van der Waals surface area contributed by atoms with Gasteiger partial charge in [0.05, 0.1) is 0 Å². The van der Waals surface area contributed by atoms with Gasteiger partial charge >= 0.3 is 0 Å². The highest BCUT2D eigenvalue weighted by atomic mass is 35.5. The van der Waals surface area contributed by atoms with Crippen LogP contribution in [-0.2, 0) is 0 Å². The van der Waals surface area contributed by atoms with E-state index < -0.39 is 0 Å². The molecule has 1 aromatic carbocycles. The number of aromatic nitrogens is 1. The van der Waals surface area contributed by atoms with Gasteiger partial charge in [-0.3, -0.25) is 4.79 Å². The molecule has 5 heteroatoms. The number of pyridine rings is 1. The second-order valence-electron chi connectivity index (χ2n) is 3.44. The number of carbonyl (C=O) groups excluding carboxylic acids is 1. The summed E-state index contributed by atoms with van der Waals surface area (Å²) >= 11 is 5.80. The first kappa shape index (κ1) is 11.4. The molecule has 0 aliphatic heterocycles. The molecule has 3 N–H and O–H groups in total. The van der Waals surface area contributed by atoms with Gasteiger partial charge in [-0.1, -0.05) is 17.7 Å². The number of benzene rings is 1. The highest BCUT2D eigenvalue weighted by Gasteiger charge is 2.06. The number of anilines is 2. The summed E-state index contributed by atoms with van der Waals surface area (Å²) in [6.45, 7) is 0. The van der Waals surface area contributed by atoms with Gasteiger partial charge in [-0.15, -0.1) is 0 Å². The summed E-state index contributed by atoms with van der Waals surface area (Å²) in [5.41, 5.74) is 6.60. The first-order valence-corrected chi connectivity index (χ1v) is 5.31. The lowest BCUT2D eigenvalue weighted by molar-refractivity contribution is 0.102. The van der Waals surface area contributed by atoms with Crippen LogP contribution in [0.2, 0.25) is 5.02 Å². The second-order valence-corrected chi connectivity index (χ2v) is 3.88. The molecule has 0 aliphatic rings. The van der Waals surface area contributed by atoms with Crippen LogP contribution in [0.1, 0.15) is 10.4 Å². The van der Waals surface area contributed by atoms with Crippen LogP contribution >= 0.6 is 11.6 Å². The molecule has 0 atom stereocenters.